The number of nitrogens with zero attached hydrogens (tertiary/aromatic N) is 4. The number of rotatable bonds is 6. The van der Waals surface area contributed by atoms with Crippen molar-refractivity contribution in [2.45, 2.75) is 39.2 Å². The minimum Gasteiger partial charge on any atom is -0.334 e. The fourth-order valence-electron chi connectivity index (χ4n) is 2.74. The Hall–Kier alpha value is -1.43. The number of imidazole rings is 1. The van der Waals surface area contributed by atoms with Crippen LogP contribution in [0, 0.1) is 24.2 Å². The van der Waals surface area contributed by atoms with Gasteiger partial charge in [0.1, 0.15) is 5.82 Å². The van der Waals surface area contributed by atoms with Crippen molar-refractivity contribution in [1.82, 2.24) is 18.6 Å². The summed E-state index contributed by atoms with van der Waals surface area (Å²) in [6, 6.07) is 2.04. The van der Waals surface area contributed by atoms with Gasteiger partial charge in [-0.1, -0.05) is 0 Å². The molecule has 0 aliphatic carbocycles. The Bertz CT molecular complexity index is 661. The lowest BCUT2D eigenvalue weighted by Gasteiger charge is -2.25. The molecule has 0 aromatic carbocycles. The molecule has 1 aromatic rings. The fraction of sp³-hybridized carbons (Fsp3) is 0.714. The summed E-state index contributed by atoms with van der Waals surface area (Å²) < 4.78 is 30.4. The molecular formula is C14H23N5O2S. The number of hydrogen-bond acceptors (Lipinski definition) is 4. The summed E-state index contributed by atoms with van der Waals surface area (Å²) in [5.41, 5.74) is 0.963. The van der Waals surface area contributed by atoms with E-state index in [0.717, 1.165) is 30.9 Å². The van der Waals surface area contributed by atoms with Crippen molar-refractivity contribution in [3.63, 3.8) is 0 Å². The Morgan fingerprint density at radius 3 is 3.05 bits per heavy atom. The third-order valence-electron chi connectivity index (χ3n) is 3.92. The predicted molar refractivity (Wildman–Crippen MR) is 83.3 cm³/mol. The van der Waals surface area contributed by atoms with Crippen molar-refractivity contribution >= 4 is 10.2 Å². The highest BCUT2D eigenvalue weighted by molar-refractivity contribution is 7.87. The Balaban J connectivity index is 1.99. The van der Waals surface area contributed by atoms with E-state index in [9.17, 15) is 8.42 Å². The van der Waals surface area contributed by atoms with Crippen molar-refractivity contribution in [3.8, 4) is 6.07 Å². The van der Waals surface area contributed by atoms with Crippen LogP contribution in [0.3, 0.4) is 0 Å². The van der Waals surface area contributed by atoms with Gasteiger partial charge in [-0.2, -0.15) is 18.0 Å². The first-order chi connectivity index (χ1) is 10.3. The van der Waals surface area contributed by atoms with Gasteiger partial charge in [0.2, 0.25) is 0 Å². The number of aromatic nitrogens is 2. The highest BCUT2D eigenvalue weighted by atomic mass is 32.2. The first-order valence-electron chi connectivity index (χ1n) is 7.47. The van der Waals surface area contributed by atoms with Crippen LogP contribution in [-0.2, 0) is 16.8 Å². The van der Waals surface area contributed by atoms with Gasteiger partial charge in [-0.25, -0.2) is 9.71 Å². The van der Waals surface area contributed by atoms with Gasteiger partial charge >= 0.3 is 0 Å². The third kappa shape index (κ3) is 3.85. The number of hydrogen-bond donors (Lipinski definition) is 1. The predicted octanol–water partition coefficient (Wildman–Crippen LogP) is 0.995. The van der Waals surface area contributed by atoms with Crippen LogP contribution in [0.25, 0.3) is 0 Å². The molecule has 0 saturated carbocycles. The minimum atomic E-state index is -3.57. The van der Waals surface area contributed by atoms with E-state index < -0.39 is 10.2 Å². The van der Waals surface area contributed by atoms with E-state index in [1.165, 1.54) is 11.4 Å². The smallest absolute Gasteiger partial charge is 0.279 e. The van der Waals surface area contributed by atoms with Crippen molar-refractivity contribution in [2.24, 2.45) is 5.92 Å². The topological polar surface area (TPSA) is 91.0 Å². The molecule has 1 aliphatic rings. The summed E-state index contributed by atoms with van der Waals surface area (Å²) in [5, 5.41) is 8.79. The van der Waals surface area contributed by atoms with E-state index in [-0.39, 0.29) is 18.4 Å². The largest absolute Gasteiger partial charge is 0.334 e. The van der Waals surface area contributed by atoms with Gasteiger partial charge in [0.05, 0.1) is 17.7 Å². The molecule has 0 unspecified atom stereocenters. The average molecular weight is 325 g/mol. The molecular weight excluding hydrogens is 302 g/mol. The van der Waals surface area contributed by atoms with E-state index in [0.29, 0.717) is 6.54 Å². The molecule has 22 heavy (non-hydrogen) atoms. The van der Waals surface area contributed by atoms with Crippen LogP contribution in [0.4, 0.5) is 0 Å². The van der Waals surface area contributed by atoms with Crippen LogP contribution in [0.2, 0.25) is 0 Å². The molecule has 1 aliphatic heterocycles. The SMILES string of the molecule is Cc1cn2c(n1)[C@H](CNS(=O)(=O)N(C)C[C@H](C)C#N)CCC2. The maximum atomic E-state index is 12.2. The second kappa shape index (κ2) is 6.77. The van der Waals surface area contributed by atoms with Crippen LogP contribution < -0.4 is 4.72 Å². The molecule has 2 heterocycles. The second-order valence-electron chi connectivity index (χ2n) is 5.94. The number of aryl methyl sites for hydroxylation is 2. The van der Waals surface area contributed by atoms with E-state index in [1.807, 2.05) is 19.2 Å². The Kier molecular flexibility index (Phi) is 5.21. The Labute approximate surface area is 132 Å². The van der Waals surface area contributed by atoms with Crippen molar-refractivity contribution < 1.29 is 8.42 Å². The Morgan fingerprint density at radius 2 is 2.36 bits per heavy atom. The van der Waals surface area contributed by atoms with E-state index in [4.69, 9.17) is 5.26 Å². The molecule has 0 fully saturated rings. The minimum absolute atomic E-state index is 0.0963. The zero-order valence-corrected chi connectivity index (χ0v) is 14.1. The lowest BCUT2D eigenvalue weighted by molar-refractivity contribution is 0.411. The summed E-state index contributed by atoms with van der Waals surface area (Å²) in [7, 11) is -2.08. The van der Waals surface area contributed by atoms with Gasteiger partial charge in [-0.3, -0.25) is 0 Å². The highest BCUT2D eigenvalue weighted by Gasteiger charge is 2.26. The molecule has 0 bridgehead atoms. The molecule has 0 radical (unpaired) electrons. The standard InChI is InChI=1S/C14H23N5O2S/c1-11(7-15)9-18(3)22(20,21)16-8-13-5-4-6-19-10-12(2)17-14(13)19/h10-11,13,16H,4-6,8-9H2,1-3H3/t11-,13+/m1/s1. The number of nitrogens with one attached hydrogen (secondary N) is 1. The first kappa shape index (κ1) is 16.9. The number of fused-ring (bicyclic) bond motifs is 1. The van der Waals surface area contributed by atoms with Gasteiger partial charge in [0, 0.05) is 38.8 Å². The molecule has 1 aromatic heterocycles. The molecule has 122 valence electrons. The second-order valence-corrected chi connectivity index (χ2v) is 7.80. The van der Waals surface area contributed by atoms with Gasteiger partial charge in [-0.15, -0.1) is 0 Å². The van der Waals surface area contributed by atoms with Crippen molar-refractivity contribution in [1.29, 1.82) is 5.26 Å². The maximum absolute atomic E-state index is 12.2. The third-order valence-corrected chi connectivity index (χ3v) is 5.42. The normalized spacial score (nSPS) is 19.7. The molecule has 2 atom stereocenters. The molecule has 7 nitrogen and oxygen atoms in total. The summed E-state index contributed by atoms with van der Waals surface area (Å²) in [6.45, 7) is 5.11. The fourth-order valence-corrected chi connectivity index (χ4v) is 3.79. The molecule has 8 heteroatoms. The van der Waals surface area contributed by atoms with Crippen molar-refractivity contribution in [2.75, 3.05) is 20.1 Å². The highest BCUT2D eigenvalue weighted by Crippen LogP contribution is 2.26. The Morgan fingerprint density at radius 1 is 1.64 bits per heavy atom. The van der Waals surface area contributed by atoms with Gasteiger partial charge in [0.25, 0.3) is 10.2 Å². The van der Waals surface area contributed by atoms with E-state index in [2.05, 4.69) is 14.3 Å². The van der Waals surface area contributed by atoms with Crippen molar-refractivity contribution in [3.05, 3.63) is 17.7 Å². The molecule has 1 N–H and O–H groups in total. The lowest BCUT2D eigenvalue weighted by Crippen LogP contribution is -2.42. The number of nitriles is 1. The molecule has 2 rings (SSSR count). The maximum Gasteiger partial charge on any atom is 0.279 e. The summed E-state index contributed by atoms with van der Waals surface area (Å²) in [4.78, 5) is 4.51. The van der Waals surface area contributed by atoms with E-state index in [1.54, 1.807) is 6.92 Å². The first-order valence-corrected chi connectivity index (χ1v) is 8.91. The molecule has 0 spiro atoms. The summed E-state index contributed by atoms with van der Waals surface area (Å²) in [6.07, 6.45) is 3.96. The average Bonchev–Trinajstić information content (AvgIpc) is 2.85. The molecule has 0 saturated heterocycles. The zero-order valence-electron chi connectivity index (χ0n) is 13.3. The van der Waals surface area contributed by atoms with Crippen LogP contribution in [0.5, 0.6) is 0 Å². The van der Waals surface area contributed by atoms with Gasteiger partial charge in [-0.05, 0) is 26.7 Å². The molecule has 0 amide bonds. The van der Waals surface area contributed by atoms with Crippen LogP contribution in [0.15, 0.2) is 6.20 Å². The quantitative estimate of drug-likeness (QED) is 0.844. The van der Waals surface area contributed by atoms with Gasteiger partial charge < -0.3 is 4.57 Å². The van der Waals surface area contributed by atoms with Crippen LogP contribution in [0.1, 0.15) is 37.2 Å². The monoisotopic (exact) mass is 325 g/mol. The van der Waals surface area contributed by atoms with Crippen LogP contribution >= 0.6 is 0 Å². The lowest BCUT2D eigenvalue weighted by atomic mass is 9.99. The van der Waals surface area contributed by atoms with Gasteiger partial charge in [0.15, 0.2) is 0 Å². The summed E-state index contributed by atoms with van der Waals surface area (Å²) in [5.74, 6) is 0.719. The zero-order chi connectivity index (χ0) is 16.3. The van der Waals surface area contributed by atoms with E-state index >= 15 is 0 Å². The van der Waals surface area contributed by atoms with Crippen LogP contribution in [-0.4, -0.2) is 42.4 Å². The summed E-state index contributed by atoms with van der Waals surface area (Å²) >= 11 is 0.